The van der Waals surface area contributed by atoms with Gasteiger partial charge in [0.15, 0.2) is 0 Å². The molecule has 2 aromatic rings. The maximum absolute atomic E-state index is 5.86. The second-order valence-corrected chi connectivity index (χ2v) is 5.02. The molecule has 0 heterocycles. The average Bonchev–Trinajstić information content (AvgIpc) is 2.38. The van der Waals surface area contributed by atoms with Crippen LogP contribution in [-0.4, -0.2) is 0 Å². The third-order valence-corrected chi connectivity index (χ3v) is 3.17. The summed E-state index contributed by atoms with van der Waals surface area (Å²) in [6.45, 7) is 2.63. The van der Waals surface area contributed by atoms with Gasteiger partial charge in [-0.1, -0.05) is 35.0 Å². The molecule has 18 heavy (non-hydrogen) atoms. The smallest absolute Gasteiger partial charge is 0.128 e. The average molecular weight is 306 g/mol. The van der Waals surface area contributed by atoms with Gasteiger partial charge in [0, 0.05) is 11.0 Å². The number of rotatable bonds is 4. The number of nitrogens with two attached hydrogens (primary N) is 1. The van der Waals surface area contributed by atoms with Crippen molar-refractivity contribution in [3.8, 4) is 11.5 Å². The summed E-state index contributed by atoms with van der Waals surface area (Å²) in [6.07, 6.45) is 1.00. The minimum atomic E-state index is 0.505. The lowest BCUT2D eigenvalue weighted by Gasteiger charge is -2.09. The largest absolute Gasteiger partial charge is 0.457 e. The summed E-state index contributed by atoms with van der Waals surface area (Å²) in [6, 6.07) is 14.0. The van der Waals surface area contributed by atoms with Crippen molar-refractivity contribution >= 4 is 15.9 Å². The van der Waals surface area contributed by atoms with E-state index in [4.69, 9.17) is 10.5 Å². The van der Waals surface area contributed by atoms with Gasteiger partial charge in [0.05, 0.1) is 0 Å². The Morgan fingerprint density at radius 1 is 1.06 bits per heavy atom. The Morgan fingerprint density at radius 3 is 2.56 bits per heavy atom. The molecule has 2 N–H and O–H groups in total. The van der Waals surface area contributed by atoms with Crippen molar-refractivity contribution in [3.05, 3.63) is 58.1 Å². The van der Waals surface area contributed by atoms with Crippen molar-refractivity contribution in [2.75, 3.05) is 0 Å². The van der Waals surface area contributed by atoms with E-state index in [1.54, 1.807) is 0 Å². The zero-order valence-electron chi connectivity index (χ0n) is 10.3. The van der Waals surface area contributed by atoms with E-state index in [0.717, 1.165) is 28.0 Å². The quantitative estimate of drug-likeness (QED) is 0.916. The van der Waals surface area contributed by atoms with Crippen molar-refractivity contribution in [1.29, 1.82) is 0 Å². The first-order chi connectivity index (χ1) is 8.71. The Labute approximate surface area is 116 Å². The van der Waals surface area contributed by atoms with E-state index in [9.17, 15) is 0 Å². The van der Waals surface area contributed by atoms with Crippen molar-refractivity contribution in [3.63, 3.8) is 0 Å². The summed E-state index contributed by atoms with van der Waals surface area (Å²) < 4.78 is 6.84. The van der Waals surface area contributed by atoms with Crippen molar-refractivity contribution in [2.24, 2.45) is 5.73 Å². The lowest BCUT2D eigenvalue weighted by Crippen LogP contribution is -1.96. The van der Waals surface area contributed by atoms with Crippen LogP contribution >= 0.6 is 15.9 Å². The molecule has 2 rings (SSSR count). The van der Waals surface area contributed by atoms with Crippen LogP contribution in [0.1, 0.15) is 18.1 Å². The number of halogens is 1. The summed E-state index contributed by atoms with van der Waals surface area (Å²) in [7, 11) is 0. The summed E-state index contributed by atoms with van der Waals surface area (Å²) >= 11 is 3.46. The highest BCUT2D eigenvalue weighted by Crippen LogP contribution is 2.27. The fraction of sp³-hybridized carbons (Fsp3) is 0.200. The highest BCUT2D eigenvalue weighted by Gasteiger charge is 2.02. The first-order valence-corrected chi connectivity index (χ1v) is 6.77. The van der Waals surface area contributed by atoms with Crippen molar-refractivity contribution in [2.45, 2.75) is 19.9 Å². The van der Waals surface area contributed by atoms with Gasteiger partial charge in [0.25, 0.3) is 0 Å². The van der Waals surface area contributed by atoms with Crippen LogP contribution in [0.2, 0.25) is 0 Å². The Morgan fingerprint density at radius 2 is 1.83 bits per heavy atom. The van der Waals surface area contributed by atoms with Crippen LogP contribution in [0.5, 0.6) is 11.5 Å². The van der Waals surface area contributed by atoms with E-state index in [-0.39, 0.29) is 0 Å². The molecule has 0 unspecified atom stereocenters. The van der Waals surface area contributed by atoms with Gasteiger partial charge in [0.2, 0.25) is 0 Å². The summed E-state index contributed by atoms with van der Waals surface area (Å²) in [5, 5.41) is 0. The van der Waals surface area contributed by atoms with Gasteiger partial charge in [-0.25, -0.2) is 0 Å². The molecular formula is C15H16BrNO. The zero-order valence-corrected chi connectivity index (χ0v) is 11.9. The van der Waals surface area contributed by atoms with Crippen molar-refractivity contribution in [1.82, 2.24) is 0 Å². The molecule has 0 saturated carbocycles. The Hall–Kier alpha value is -1.32. The van der Waals surface area contributed by atoms with Gasteiger partial charge < -0.3 is 10.5 Å². The number of aryl methyl sites for hydroxylation is 1. The van der Waals surface area contributed by atoms with Crippen LogP contribution in [0.15, 0.2) is 46.9 Å². The summed E-state index contributed by atoms with van der Waals surface area (Å²) in [5.74, 6) is 1.66. The molecular weight excluding hydrogens is 290 g/mol. The Kier molecular flexibility index (Phi) is 4.39. The maximum atomic E-state index is 5.86. The molecule has 0 atom stereocenters. The second kappa shape index (κ2) is 6.03. The predicted molar refractivity (Wildman–Crippen MR) is 77.9 cm³/mol. The maximum Gasteiger partial charge on any atom is 0.128 e. The molecule has 0 aliphatic rings. The minimum Gasteiger partial charge on any atom is -0.457 e. The minimum absolute atomic E-state index is 0.505. The molecule has 0 radical (unpaired) electrons. The number of benzene rings is 2. The molecule has 0 saturated heterocycles. The highest BCUT2D eigenvalue weighted by molar-refractivity contribution is 9.10. The molecule has 0 aromatic heterocycles. The third-order valence-electron chi connectivity index (χ3n) is 2.71. The third kappa shape index (κ3) is 3.34. The molecule has 0 spiro atoms. The fourth-order valence-corrected chi connectivity index (χ4v) is 2.28. The van der Waals surface area contributed by atoms with E-state index in [0.29, 0.717) is 6.54 Å². The fourth-order valence-electron chi connectivity index (χ4n) is 1.76. The normalized spacial score (nSPS) is 10.4. The summed E-state index contributed by atoms with van der Waals surface area (Å²) in [4.78, 5) is 0. The van der Waals surface area contributed by atoms with Crippen molar-refractivity contribution < 1.29 is 4.74 Å². The van der Waals surface area contributed by atoms with E-state index in [1.807, 2.05) is 30.3 Å². The van der Waals surface area contributed by atoms with Crippen LogP contribution in [-0.2, 0) is 13.0 Å². The highest BCUT2D eigenvalue weighted by atomic mass is 79.9. The lowest BCUT2D eigenvalue weighted by molar-refractivity contribution is 0.481. The second-order valence-electron chi connectivity index (χ2n) is 4.10. The van der Waals surface area contributed by atoms with Gasteiger partial charge in [-0.2, -0.15) is 0 Å². The molecule has 94 valence electrons. The van der Waals surface area contributed by atoms with Crippen LogP contribution in [0, 0.1) is 0 Å². The first-order valence-electron chi connectivity index (χ1n) is 5.97. The van der Waals surface area contributed by atoms with Crippen LogP contribution in [0.3, 0.4) is 0 Å². The van der Waals surface area contributed by atoms with E-state index in [1.165, 1.54) is 5.56 Å². The molecule has 2 nitrogen and oxygen atoms in total. The lowest BCUT2D eigenvalue weighted by atomic mass is 10.1. The molecule has 0 aliphatic carbocycles. The Bertz CT molecular complexity index is 540. The molecule has 2 aromatic carbocycles. The zero-order chi connectivity index (χ0) is 13.0. The van der Waals surface area contributed by atoms with E-state index >= 15 is 0 Å². The molecule has 0 fully saturated rings. The first kappa shape index (κ1) is 13.1. The van der Waals surface area contributed by atoms with Gasteiger partial charge in [-0.15, -0.1) is 0 Å². The topological polar surface area (TPSA) is 35.2 Å². The van der Waals surface area contributed by atoms with E-state index in [2.05, 4.69) is 35.0 Å². The summed E-state index contributed by atoms with van der Waals surface area (Å²) in [5.41, 5.74) is 7.96. The van der Waals surface area contributed by atoms with Gasteiger partial charge >= 0.3 is 0 Å². The van der Waals surface area contributed by atoms with Gasteiger partial charge in [0.1, 0.15) is 11.5 Å². The SMILES string of the molecule is CCc1cccc(Oc2cc(Br)cc(CN)c2)c1. The monoisotopic (exact) mass is 305 g/mol. The molecule has 0 bridgehead atoms. The van der Waals surface area contributed by atoms with E-state index < -0.39 is 0 Å². The van der Waals surface area contributed by atoms with Crippen LogP contribution in [0.4, 0.5) is 0 Å². The molecule has 0 aliphatic heterocycles. The number of hydrogen-bond acceptors (Lipinski definition) is 2. The van der Waals surface area contributed by atoms with Crippen LogP contribution in [0.25, 0.3) is 0 Å². The predicted octanol–water partition coefficient (Wildman–Crippen LogP) is 4.26. The Balaban J connectivity index is 2.24. The molecule has 0 amide bonds. The van der Waals surface area contributed by atoms with Gasteiger partial charge in [-0.3, -0.25) is 0 Å². The number of ether oxygens (including phenoxy) is 1. The molecule has 3 heteroatoms. The standard InChI is InChI=1S/C15H16BrNO/c1-2-11-4-3-5-14(7-11)18-15-8-12(10-17)6-13(16)9-15/h3-9H,2,10,17H2,1H3. The van der Waals surface area contributed by atoms with Crippen LogP contribution < -0.4 is 10.5 Å². The number of hydrogen-bond donors (Lipinski definition) is 1. The van der Waals surface area contributed by atoms with Gasteiger partial charge in [-0.05, 0) is 47.9 Å².